The van der Waals surface area contributed by atoms with Gasteiger partial charge in [0.15, 0.2) is 6.29 Å². The van der Waals surface area contributed by atoms with Crippen LogP contribution in [0.3, 0.4) is 0 Å². The standard InChI is InChI=1S/C18H24N8O2/c19-6-13(8-21-2-4-27)15-10-22-17(20)18(25-15)23-7-12-1-3-26-16(5-12)14(11-28)9-24-26/h1,3,5-6,9-11,13,18-19,21,23,25,27H,2,4,7-8H2,(H2,20,22). The molecule has 7 N–H and O–H groups in total. The Bertz CT molecular complexity index is 904. The lowest BCUT2D eigenvalue weighted by atomic mass is 10.1. The van der Waals surface area contributed by atoms with Gasteiger partial charge in [-0.15, -0.1) is 0 Å². The first-order chi connectivity index (χ1) is 13.7. The number of carbonyl (C=O) groups is 1. The van der Waals surface area contributed by atoms with Crippen molar-refractivity contribution in [3.8, 4) is 0 Å². The van der Waals surface area contributed by atoms with Crippen molar-refractivity contribution in [3.63, 3.8) is 0 Å². The Kier molecular flexibility index (Phi) is 6.48. The summed E-state index contributed by atoms with van der Waals surface area (Å²) >= 11 is 0. The molecule has 0 fully saturated rings. The zero-order chi connectivity index (χ0) is 19.9. The first kappa shape index (κ1) is 19.7. The highest BCUT2D eigenvalue weighted by molar-refractivity contribution is 5.87. The largest absolute Gasteiger partial charge is 0.395 e. The van der Waals surface area contributed by atoms with E-state index in [1.54, 1.807) is 16.9 Å². The number of rotatable bonds is 10. The Morgan fingerprint density at radius 2 is 2.36 bits per heavy atom. The third kappa shape index (κ3) is 4.42. The number of aromatic nitrogens is 2. The predicted molar refractivity (Wildman–Crippen MR) is 106 cm³/mol. The average molecular weight is 384 g/mol. The molecule has 2 atom stereocenters. The van der Waals surface area contributed by atoms with Crippen LogP contribution in [0.1, 0.15) is 15.9 Å². The summed E-state index contributed by atoms with van der Waals surface area (Å²) in [5.74, 6) is 0.195. The molecule has 28 heavy (non-hydrogen) atoms. The molecule has 1 aliphatic rings. The normalized spacial score (nSPS) is 17.5. The first-order valence-electron chi connectivity index (χ1n) is 8.93. The Hall–Kier alpha value is -3.08. The van der Waals surface area contributed by atoms with Gasteiger partial charge in [0, 0.05) is 49.9 Å². The molecule has 148 valence electrons. The average Bonchev–Trinajstić information content (AvgIpc) is 3.13. The van der Waals surface area contributed by atoms with E-state index >= 15 is 0 Å². The number of aliphatic hydroxyl groups is 1. The smallest absolute Gasteiger partial charge is 0.153 e. The minimum Gasteiger partial charge on any atom is -0.395 e. The quantitative estimate of drug-likeness (QED) is 0.178. The van der Waals surface area contributed by atoms with Crippen molar-refractivity contribution < 1.29 is 9.90 Å². The molecule has 0 aromatic carbocycles. The van der Waals surface area contributed by atoms with Crippen molar-refractivity contribution in [1.29, 1.82) is 5.41 Å². The summed E-state index contributed by atoms with van der Waals surface area (Å²) in [6, 6.07) is 3.81. The number of carbonyl (C=O) groups excluding carboxylic acids is 1. The van der Waals surface area contributed by atoms with Gasteiger partial charge in [-0.1, -0.05) is 0 Å². The van der Waals surface area contributed by atoms with Crippen LogP contribution in [0.25, 0.3) is 5.52 Å². The van der Waals surface area contributed by atoms with E-state index in [1.165, 1.54) is 12.4 Å². The zero-order valence-electron chi connectivity index (χ0n) is 15.3. The van der Waals surface area contributed by atoms with E-state index in [0.29, 0.717) is 31.0 Å². The Morgan fingerprint density at radius 3 is 3.11 bits per heavy atom. The minimum atomic E-state index is -0.382. The number of aliphatic imine (C=N–C) groups is 1. The van der Waals surface area contributed by atoms with Crippen molar-refractivity contribution in [2.75, 3.05) is 19.7 Å². The van der Waals surface area contributed by atoms with E-state index in [1.807, 2.05) is 12.1 Å². The van der Waals surface area contributed by atoms with Crippen LogP contribution in [0, 0.1) is 11.3 Å². The second kappa shape index (κ2) is 9.22. The Balaban J connectivity index is 1.64. The molecule has 10 nitrogen and oxygen atoms in total. The van der Waals surface area contributed by atoms with Gasteiger partial charge in [-0.05, 0) is 17.7 Å². The molecule has 2 aromatic rings. The van der Waals surface area contributed by atoms with Crippen molar-refractivity contribution >= 4 is 23.9 Å². The van der Waals surface area contributed by atoms with Crippen LogP contribution in [0.15, 0.2) is 41.4 Å². The monoisotopic (exact) mass is 384 g/mol. The second-order valence-corrected chi connectivity index (χ2v) is 6.38. The van der Waals surface area contributed by atoms with E-state index < -0.39 is 0 Å². The van der Waals surface area contributed by atoms with E-state index in [0.717, 1.165) is 23.1 Å². The van der Waals surface area contributed by atoms with Gasteiger partial charge in [0.1, 0.15) is 12.0 Å². The van der Waals surface area contributed by atoms with Gasteiger partial charge in [0.2, 0.25) is 0 Å². The highest BCUT2D eigenvalue weighted by Gasteiger charge is 2.21. The van der Waals surface area contributed by atoms with Crippen molar-refractivity contribution in [1.82, 2.24) is 25.6 Å². The number of hydrogen-bond donors (Lipinski definition) is 6. The van der Waals surface area contributed by atoms with Crippen LogP contribution in [0.4, 0.5) is 0 Å². The molecule has 0 aliphatic carbocycles. The molecular formula is C18H24N8O2. The molecule has 0 saturated heterocycles. The van der Waals surface area contributed by atoms with Gasteiger partial charge >= 0.3 is 0 Å². The van der Waals surface area contributed by atoms with Crippen LogP contribution >= 0.6 is 0 Å². The summed E-state index contributed by atoms with van der Waals surface area (Å²) in [5, 5.41) is 30.3. The number of nitrogens with one attached hydrogen (secondary N) is 4. The number of nitrogens with two attached hydrogens (primary N) is 1. The summed E-state index contributed by atoms with van der Waals surface area (Å²) in [6.45, 7) is 1.51. The van der Waals surface area contributed by atoms with Gasteiger partial charge in [0.05, 0.1) is 23.9 Å². The fourth-order valence-corrected chi connectivity index (χ4v) is 2.91. The molecule has 0 radical (unpaired) electrons. The molecular weight excluding hydrogens is 360 g/mol. The van der Waals surface area contributed by atoms with Crippen molar-refractivity contribution in [3.05, 3.63) is 47.6 Å². The molecule has 2 aromatic heterocycles. The molecule has 2 unspecified atom stereocenters. The minimum absolute atomic E-state index is 0.0415. The number of amidine groups is 1. The molecule has 1 aliphatic heterocycles. The maximum atomic E-state index is 11.1. The van der Waals surface area contributed by atoms with Crippen LogP contribution in [-0.2, 0) is 6.54 Å². The summed E-state index contributed by atoms with van der Waals surface area (Å²) in [6.07, 6.45) is 6.68. The van der Waals surface area contributed by atoms with E-state index in [4.69, 9.17) is 16.2 Å². The van der Waals surface area contributed by atoms with E-state index in [-0.39, 0.29) is 18.7 Å². The third-order valence-electron chi connectivity index (χ3n) is 4.47. The van der Waals surface area contributed by atoms with E-state index in [2.05, 4.69) is 26.0 Å². The molecule has 0 bridgehead atoms. The van der Waals surface area contributed by atoms with Crippen molar-refractivity contribution in [2.24, 2.45) is 16.6 Å². The SMILES string of the molecule is N=CC(CNCCO)C1=CN=C(N)C(NCc2ccn3ncc(C=O)c3c2)N1. The lowest BCUT2D eigenvalue weighted by Gasteiger charge is -2.28. The highest BCUT2D eigenvalue weighted by Crippen LogP contribution is 2.13. The molecule has 3 heterocycles. The lowest BCUT2D eigenvalue weighted by molar-refractivity contribution is 0.112. The Morgan fingerprint density at radius 1 is 1.50 bits per heavy atom. The molecule has 3 rings (SSSR count). The number of fused-ring (bicyclic) bond motifs is 1. The molecule has 0 saturated carbocycles. The summed E-state index contributed by atoms with van der Waals surface area (Å²) in [5.41, 5.74) is 9.01. The number of pyridine rings is 1. The van der Waals surface area contributed by atoms with Gasteiger partial charge < -0.3 is 26.9 Å². The number of aliphatic hydroxyl groups excluding tert-OH is 1. The number of hydrogen-bond acceptors (Lipinski definition) is 9. The topological polar surface area (TPSA) is 153 Å². The van der Waals surface area contributed by atoms with Crippen LogP contribution in [0.5, 0.6) is 0 Å². The van der Waals surface area contributed by atoms with Gasteiger partial charge in [0.25, 0.3) is 0 Å². The van der Waals surface area contributed by atoms with E-state index in [9.17, 15) is 4.79 Å². The molecule has 0 spiro atoms. The van der Waals surface area contributed by atoms with Crippen LogP contribution in [0.2, 0.25) is 0 Å². The van der Waals surface area contributed by atoms with Gasteiger partial charge in [-0.3, -0.25) is 10.1 Å². The molecule has 10 heteroatoms. The highest BCUT2D eigenvalue weighted by atomic mass is 16.3. The van der Waals surface area contributed by atoms with Crippen LogP contribution < -0.4 is 21.7 Å². The fourth-order valence-electron chi connectivity index (χ4n) is 2.91. The lowest BCUT2D eigenvalue weighted by Crippen LogP contribution is -2.53. The predicted octanol–water partition coefficient (Wildman–Crippen LogP) is -0.788. The fraction of sp³-hybridized carbons (Fsp3) is 0.333. The zero-order valence-corrected chi connectivity index (χ0v) is 15.3. The van der Waals surface area contributed by atoms with Crippen molar-refractivity contribution in [2.45, 2.75) is 12.7 Å². The molecule has 0 amide bonds. The Labute approximate surface area is 162 Å². The second-order valence-electron chi connectivity index (χ2n) is 6.38. The summed E-state index contributed by atoms with van der Waals surface area (Å²) < 4.78 is 1.65. The maximum absolute atomic E-state index is 11.1. The van der Waals surface area contributed by atoms with Crippen LogP contribution in [-0.4, -0.2) is 58.9 Å². The number of aldehydes is 1. The first-order valence-corrected chi connectivity index (χ1v) is 8.93. The maximum Gasteiger partial charge on any atom is 0.153 e. The number of nitrogens with zero attached hydrogens (tertiary/aromatic N) is 3. The third-order valence-corrected chi connectivity index (χ3v) is 4.47. The van der Waals surface area contributed by atoms with Gasteiger partial charge in [-0.25, -0.2) is 9.51 Å². The summed E-state index contributed by atoms with van der Waals surface area (Å²) in [7, 11) is 0. The van der Waals surface area contributed by atoms with Gasteiger partial charge in [-0.2, -0.15) is 5.10 Å². The summed E-state index contributed by atoms with van der Waals surface area (Å²) in [4.78, 5) is 15.3.